The quantitative estimate of drug-likeness (QED) is 0.769. The van der Waals surface area contributed by atoms with Crippen LogP contribution in [0.2, 0.25) is 0 Å². The summed E-state index contributed by atoms with van der Waals surface area (Å²) in [6.45, 7) is 3.88. The Hall–Kier alpha value is -1.88. The third kappa shape index (κ3) is 3.65. The van der Waals surface area contributed by atoms with Crippen LogP contribution < -0.4 is 0 Å². The second kappa shape index (κ2) is 7.94. The molecule has 0 aliphatic heterocycles. The summed E-state index contributed by atoms with van der Waals surface area (Å²) < 4.78 is 1.63. The van der Waals surface area contributed by atoms with Crippen molar-refractivity contribution in [2.75, 3.05) is 6.61 Å². The molecule has 5 nitrogen and oxygen atoms in total. The molecular formula is C17H26N2O3. The van der Waals surface area contributed by atoms with Gasteiger partial charge >= 0.3 is 0 Å². The molecule has 0 fully saturated rings. The number of hydrogen-bond donors (Lipinski definition) is 2. The fourth-order valence-corrected chi connectivity index (χ4v) is 2.61. The van der Waals surface area contributed by atoms with Gasteiger partial charge in [0.15, 0.2) is 17.2 Å². The van der Waals surface area contributed by atoms with Crippen LogP contribution >= 0.6 is 0 Å². The maximum atomic E-state index is 12.5. The zero-order chi connectivity index (χ0) is 15.4. The Morgan fingerprint density at radius 2 is 2.18 bits per heavy atom. The largest absolute Gasteiger partial charge is 0.504 e. The number of unbranched alkanes of at least 4 members (excludes halogenated alkanes) is 1. The number of imidazole rings is 1. The lowest BCUT2D eigenvalue weighted by atomic mass is 9.95. The van der Waals surface area contributed by atoms with E-state index in [1.54, 1.807) is 29.7 Å². The lowest BCUT2D eigenvalue weighted by Crippen LogP contribution is -2.15. The lowest BCUT2D eigenvalue weighted by Gasteiger charge is -2.12. The second-order valence-electron chi connectivity index (χ2n) is 5.45. The predicted molar refractivity (Wildman–Crippen MR) is 87.4 cm³/mol. The fraction of sp³-hybridized carbons (Fsp3) is 0.529. The first-order chi connectivity index (χ1) is 10.1. The zero-order valence-electron chi connectivity index (χ0n) is 12.5. The lowest BCUT2D eigenvalue weighted by molar-refractivity contribution is 0.0923. The third-order valence-corrected chi connectivity index (χ3v) is 3.77. The minimum absolute atomic E-state index is 0. The van der Waals surface area contributed by atoms with Crippen LogP contribution in [0.4, 0.5) is 0 Å². The number of aryl methyl sites for hydroxylation is 1. The van der Waals surface area contributed by atoms with Gasteiger partial charge < -0.3 is 10.2 Å². The summed E-state index contributed by atoms with van der Waals surface area (Å²) in [6.07, 6.45) is 4.93. The predicted octanol–water partition coefficient (Wildman–Crippen LogP) is 3.36. The Bertz CT molecular complexity index is 634. The highest BCUT2D eigenvalue weighted by atomic mass is 16.3. The average molecular weight is 306 g/mol. The Kier molecular flexibility index (Phi) is 6.56. The number of nitrogens with zero attached hydrogens (tertiary/aromatic N) is 2. The molecule has 0 aliphatic rings. The summed E-state index contributed by atoms with van der Waals surface area (Å²) in [5.41, 5.74) is 1.50. The maximum absolute atomic E-state index is 12.5. The highest BCUT2D eigenvalue weighted by molar-refractivity contribution is 5.96. The SMILES string of the molecule is C.CCCC[C@H](CO)CC(=O)c1c(C)nc2c(O)cccn12. The Balaban J connectivity index is 0.00000242. The van der Waals surface area contributed by atoms with E-state index in [-0.39, 0.29) is 31.5 Å². The number of hydrogen-bond acceptors (Lipinski definition) is 4. The van der Waals surface area contributed by atoms with E-state index in [0.717, 1.165) is 19.3 Å². The van der Waals surface area contributed by atoms with Crippen molar-refractivity contribution < 1.29 is 15.0 Å². The van der Waals surface area contributed by atoms with Crippen molar-refractivity contribution in [1.29, 1.82) is 0 Å². The van der Waals surface area contributed by atoms with E-state index >= 15 is 0 Å². The number of aliphatic hydroxyl groups is 1. The minimum Gasteiger partial charge on any atom is -0.504 e. The van der Waals surface area contributed by atoms with Crippen molar-refractivity contribution in [3.05, 3.63) is 29.7 Å². The minimum atomic E-state index is -0.0410. The van der Waals surface area contributed by atoms with Crippen LogP contribution in [-0.4, -0.2) is 32.0 Å². The van der Waals surface area contributed by atoms with E-state index in [4.69, 9.17) is 0 Å². The maximum Gasteiger partial charge on any atom is 0.181 e. The number of Topliss-reactive ketones (excluding diaryl/α,β-unsaturated/α-hetero) is 1. The first-order valence-corrected chi connectivity index (χ1v) is 7.39. The smallest absolute Gasteiger partial charge is 0.181 e. The first-order valence-electron chi connectivity index (χ1n) is 7.39. The molecule has 0 unspecified atom stereocenters. The molecular weight excluding hydrogens is 280 g/mol. The van der Waals surface area contributed by atoms with Crippen molar-refractivity contribution in [3.63, 3.8) is 0 Å². The Labute approximate surface area is 131 Å². The van der Waals surface area contributed by atoms with Crippen molar-refractivity contribution in [3.8, 4) is 5.75 Å². The fourth-order valence-electron chi connectivity index (χ4n) is 2.61. The van der Waals surface area contributed by atoms with E-state index in [1.165, 1.54) is 0 Å². The molecule has 2 rings (SSSR count). The number of rotatable bonds is 7. The molecule has 5 heteroatoms. The molecule has 2 aromatic rings. The second-order valence-corrected chi connectivity index (χ2v) is 5.45. The van der Waals surface area contributed by atoms with Gasteiger partial charge in [-0.15, -0.1) is 0 Å². The van der Waals surface area contributed by atoms with Crippen LogP contribution in [0.3, 0.4) is 0 Å². The van der Waals surface area contributed by atoms with Gasteiger partial charge in [0, 0.05) is 19.2 Å². The number of aromatic hydroxyl groups is 1. The molecule has 2 aromatic heterocycles. The van der Waals surface area contributed by atoms with E-state index < -0.39 is 0 Å². The summed E-state index contributed by atoms with van der Waals surface area (Å²) in [4.78, 5) is 16.8. The molecule has 0 spiro atoms. The molecule has 0 aliphatic carbocycles. The monoisotopic (exact) mass is 306 g/mol. The molecule has 2 N–H and O–H groups in total. The van der Waals surface area contributed by atoms with Gasteiger partial charge in [0.1, 0.15) is 5.69 Å². The number of aromatic nitrogens is 2. The summed E-state index contributed by atoms with van der Waals surface area (Å²) in [6, 6.07) is 3.23. The van der Waals surface area contributed by atoms with Gasteiger partial charge in [-0.1, -0.05) is 27.2 Å². The molecule has 122 valence electrons. The van der Waals surface area contributed by atoms with Crippen LogP contribution in [0.1, 0.15) is 56.2 Å². The molecule has 0 saturated carbocycles. The van der Waals surface area contributed by atoms with E-state index in [9.17, 15) is 15.0 Å². The van der Waals surface area contributed by atoms with Gasteiger partial charge in [0.05, 0.1) is 5.69 Å². The highest BCUT2D eigenvalue weighted by Gasteiger charge is 2.21. The molecule has 0 aromatic carbocycles. The molecule has 2 heterocycles. The van der Waals surface area contributed by atoms with Crippen LogP contribution in [0, 0.1) is 12.8 Å². The summed E-state index contributed by atoms with van der Waals surface area (Å²) in [7, 11) is 0. The molecule has 0 saturated heterocycles. The van der Waals surface area contributed by atoms with Gasteiger partial charge in [-0.25, -0.2) is 4.98 Å². The third-order valence-electron chi connectivity index (χ3n) is 3.77. The van der Waals surface area contributed by atoms with Crippen molar-refractivity contribution in [1.82, 2.24) is 9.38 Å². The standard InChI is InChI=1S/C16H22N2O3.CH4/c1-3-4-6-12(10-19)9-14(21)15-11(2)17-16-13(20)7-5-8-18(15)16;/h5,7-8,12,19-20H,3-4,6,9-10H2,1-2H3;1H4/t12-;/m0./s1. The van der Waals surface area contributed by atoms with E-state index in [1.807, 2.05) is 0 Å². The Morgan fingerprint density at radius 3 is 2.82 bits per heavy atom. The molecule has 0 radical (unpaired) electrons. The normalized spacial score (nSPS) is 12.1. The first kappa shape index (κ1) is 18.2. The number of carbonyl (C=O) groups is 1. The topological polar surface area (TPSA) is 74.8 Å². The van der Waals surface area contributed by atoms with Crippen molar-refractivity contribution in [2.24, 2.45) is 5.92 Å². The number of pyridine rings is 1. The van der Waals surface area contributed by atoms with Crippen LogP contribution in [0.25, 0.3) is 5.65 Å². The van der Waals surface area contributed by atoms with Gasteiger partial charge in [0.25, 0.3) is 0 Å². The van der Waals surface area contributed by atoms with Crippen molar-refractivity contribution >= 4 is 11.4 Å². The number of carbonyl (C=O) groups excluding carboxylic acids is 1. The van der Waals surface area contributed by atoms with Gasteiger partial charge in [-0.3, -0.25) is 9.20 Å². The number of ketones is 1. The van der Waals surface area contributed by atoms with Crippen LogP contribution in [0.15, 0.2) is 18.3 Å². The van der Waals surface area contributed by atoms with Gasteiger partial charge in [0.2, 0.25) is 0 Å². The van der Waals surface area contributed by atoms with Crippen LogP contribution in [-0.2, 0) is 0 Å². The number of fused-ring (bicyclic) bond motifs is 1. The average Bonchev–Trinajstić information content (AvgIpc) is 2.81. The Morgan fingerprint density at radius 1 is 1.45 bits per heavy atom. The molecule has 1 atom stereocenters. The summed E-state index contributed by atoms with van der Waals surface area (Å²) >= 11 is 0. The molecule has 0 amide bonds. The summed E-state index contributed by atoms with van der Waals surface area (Å²) in [5.74, 6) is 0.00445. The molecule has 22 heavy (non-hydrogen) atoms. The number of aliphatic hydroxyl groups excluding tert-OH is 1. The highest BCUT2D eigenvalue weighted by Crippen LogP contribution is 2.23. The van der Waals surface area contributed by atoms with E-state index in [2.05, 4.69) is 11.9 Å². The van der Waals surface area contributed by atoms with E-state index in [0.29, 0.717) is 23.5 Å². The summed E-state index contributed by atoms with van der Waals surface area (Å²) in [5, 5.41) is 19.2. The van der Waals surface area contributed by atoms with Gasteiger partial charge in [-0.2, -0.15) is 0 Å². The van der Waals surface area contributed by atoms with Gasteiger partial charge in [-0.05, 0) is 31.4 Å². The zero-order valence-corrected chi connectivity index (χ0v) is 12.5. The van der Waals surface area contributed by atoms with Crippen molar-refractivity contribution in [2.45, 2.75) is 47.0 Å². The van der Waals surface area contributed by atoms with Crippen LogP contribution in [0.5, 0.6) is 5.75 Å². The molecule has 0 bridgehead atoms.